The van der Waals surface area contributed by atoms with E-state index in [4.69, 9.17) is 10.8 Å². The van der Waals surface area contributed by atoms with Gasteiger partial charge in [0, 0.05) is 12.2 Å². The van der Waals surface area contributed by atoms with Crippen LogP contribution in [0.2, 0.25) is 0 Å². The third-order valence-electron chi connectivity index (χ3n) is 3.27. The van der Waals surface area contributed by atoms with Crippen LogP contribution in [-0.4, -0.2) is 51.9 Å². The van der Waals surface area contributed by atoms with Crippen molar-refractivity contribution < 1.29 is 24.6 Å². The first-order valence-corrected chi connectivity index (χ1v) is 7.85. The van der Waals surface area contributed by atoms with Gasteiger partial charge in [0.05, 0.1) is 6.04 Å². The van der Waals surface area contributed by atoms with Gasteiger partial charge in [-0.05, 0) is 24.6 Å². The van der Waals surface area contributed by atoms with Crippen molar-refractivity contribution in [1.29, 1.82) is 0 Å². The number of carbonyl (C=O) groups excluding carboxylic acids is 2. The number of amides is 2. The summed E-state index contributed by atoms with van der Waals surface area (Å²) >= 11 is 3.93. The fourth-order valence-corrected chi connectivity index (χ4v) is 1.98. The Morgan fingerprint density at radius 2 is 1.75 bits per heavy atom. The fraction of sp³-hybridized carbons (Fsp3) is 0.400. The number of phenols is 1. The minimum atomic E-state index is -1.19. The van der Waals surface area contributed by atoms with Gasteiger partial charge in [-0.15, -0.1) is 0 Å². The Morgan fingerprint density at radius 1 is 1.17 bits per heavy atom. The molecule has 0 fully saturated rings. The van der Waals surface area contributed by atoms with E-state index in [1.807, 2.05) is 0 Å². The van der Waals surface area contributed by atoms with E-state index < -0.39 is 35.9 Å². The summed E-state index contributed by atoms with van der Waals surface area (Å²) in [5.74, 6) is -2.22. The third-order valence-corrected chi connectivity index (χ3v) is 3.67. The first-order valence-electron chi connectivity index (χ1n) is 7.22. The van der Waals surface area contributed by atoms with Crippen molar-refractivity contribution >= 4 is 30.4 Å². The topological polar surface area (TPSA) is 142 Å². The Bertz CT molecular complexity index is 593. The van der Waals surface area contributed by atoms with E-state index in [1.165, 1.54) is 19.1 Å². The monoisotopic (exact) mass is 355 g/mol. The number of nitrogens with one attached hydrogen (secondary N) is 2. The Kier molecular flexibility index (Phi) is 7.53. The van der Waals surface area contributed by atoms with Crippen LogP contribution in [0, 0.1) is 0 Å². The molecule has 0 aliphatic heterocycles. The Labute approximate surface area is 144 Å². The quantitative estimate of drug-likeness (QED) is 0.339. The van der Waals surface area contributed by atoms with Crippen LogP contribution in [0.1, 0.15) is 12.5 Å². The second kappa shape index (κ2) is 9.14. The molecule has 1 aromatic rings. The summed E-state index contributed by atoms with van der Waals surface area (Å²) in [4.78, 5) is 35.1. The molecule has 0 aromatic heterocycles. The normalized spacial score (nSPS) is 14.3. The lowest BCUT2D eigenvalue weighted by Gasteiger charge is -2.21. The number of carboxylic acids is 1. The van der Waals surface area contributed by atoms with Crippen LogP contribution >= 0.6 is 12.6 Å². The van der Waals surface area contributed by atoms with Crippen LogP contribution < -0.4 is 16.4 Å². The maximum Gasteiger partial charge on any atom is 0.325 e. The van der Waals surface area contributed by atoms with Crippen LogP contribution in [-0.2, 0) is 20.8 Å². The van der Waals surface area contributed by atoms with Gasteiger partial charge in [-0.2, -0.15) is 12.6 Å². The number of carbonyl (C=O) groups is 3. The van der Waals surface area contributed by atoms with Crippen molar-refractivity contribution in [2.75, 3.05) is 5.75 Å². The van der Waals surface area contributed by atoms with E-state index in [9.17, 15) is 19.5 Å². The highest BCUT2D eigenvalue weighted by Crippen LogP contribution is 2.11. The second-order valence-electron chi connectivity index (χ2n) is 5.29. The summed E-state index contributed by atoms with van der Waals surface area (Å²) in [6.07, 6.45) is 0.115. The Balaban J connectivity index is 2.89. The number of hydrogen-bond acceptors (Lipinski definition) is 6. The molecular weight excluding hydrogens is 334 g/mol. The zero-order valence-corrected chi connectivity index (χ0v) is 14.0. The molecule has 0 unspecified atom stereocenters. The smallest absolute Gasteiger partial charge is 0.325 e. The molecule has 132 valence electrons. The standard InChI is InChI=1S/C15H21N3O5S/c1-8(15(22)23)17-14(21)12(18-13(20)11(16)7-24)6-9-2-4-10(19)5-3-9/h2-5,8,11-12,19,24H,6-7,16H2,1H3,(H,17,21)(H,18,20)(H,22,23)/t8-,11-,12-/m0/s1. The van der Waals surface area contributed by atoms with Gasteiger partial charge in [0.1, 0.15) is 17.8 Å². The van der Waals surface area contributed by atoms with Crippen molar-refractivity contribution in [1.82, 2.24) is 10.6 Å². The molecule has 9 heteroatoms. The van der Waals surface area contributed by atoms with Crippen molar-refractivity contribution in [2.45, 2.75) is 31.5 Å². The van der Waals surface area contributed by atoms with E-state index in [2.05, 4.69) is 23.3 Å². The van der Waals surface area contributed by atoms with Crippen LogP contribution in [0.5, 0.6) is 5.75 Å². The number of rotatable bonds is 8. The molecule has 1 aromatic carbocycles. The molecule has 0 saturated heterocycles. The molecule has 0 radical (unpaired) electrons. The summed E-state index contributed by atoms with van der Waals surface area (Å²) in [7, 11) is 0. The van der Waals surface area contributed by atoms with Crippen LogP contribution in [0.3, 0.4) is 0 Å². The van der Waals surface area contributed by atoms with E-state index in [0.717, 1.165) is 0 Å². The number of carboxylic acid groups (broad SMARTS) is 1. The van der Waals surface area contributed by atoms with Crippen molar-refractivity contribution in [3.8, 4) is 5.75 Å². The van der Waals surface area contributed by atoms with Gasteiger partial charge >= 0.3 is 5.97 Å². The van der Waals surface area contributed by atoms with Gasteiger partial charge in [0.15, 0.2) is 0 Å². The number of thiol groups is 1. The molecule has 0 aliphatic carbocycles. The predicted octanol–water partition coefficient (Wildman–Crippen LogP) is -0.734. The SMILES string of the molecule is C[C@H](NC(=O)[C@H](Cc1ccc(O)cc1)NC(=O)[C@@H](N)CS)C(=O)O. The highest BCUT2D eigenvalue weighted by atomic mass is 32.1. The van der Waals surface area contributed by atoms with E-state index in [-0.39, 0.29) is 17.9 Å². The largest absolute Gasteiger partial charge is 0.508 e. The van der Waals surface area contributed by atoms with Crippen molar-refractivity contribution in [3.05, 3.63) is 29.8 Å². The minimum absolute atomic E-state index is 0.0698. The molecule has 8 nitrogen and oxygen atoms in total. The summed E-state index contributed by atoms with van der Waals surface area (Å²) in [5, 5.41) is 23.0. The first kappa shape index (κ1) is 19.8. The van der Waals surface area contributed by atoms with Crippen LogP contribution in [0.25, 0.3) is 0 Å². The molecular formula is C15H21N3O5S. The minimum Gasteiger partial charge on any atom is -0.508 e. The van der Waals surface area contributed by atoms with Gasteiger partial charge in [0.25, 0.3) is 0 Å². The number of nitrogens with two attached hydrogens (primary N) is 1. The lowest BCUT2D eigenvalue weighted by atomic mass is 10.0. The van der Waals surface area contributed by atoms with Gasteiger partial charge in [0.2, 0.25) is 11.8 Å². The molecule has 24 heavy (non-hydrogen) atoms. The average molecular weight is 355 g/mol. The molecule has 0 saturated carbocycles. The maximum atomic E-state index is 12.3. The molecule has 0 heterocycles. The Hall–Kier alpha value is -2.26. The predicted molar refractivity (Wildman–Crippen MR) is 90.8 cm³/mol. The first-order chi connectivity index (χ1) is 11.2. The van der Waals surface area contributed by atoms with Gasteiger partial charge in [-0.3, -0.25) is 14.4 Å². The molecule has 3 atom stereocenters. The van der Waals surface area contributed by atoms with Crippen LogP contribution in [0.4, 0.5) is 0 Å². The highest BCUT2D eigenvalue weighted by Gasteiger charge is 2.26. The molecule has 1 rings (SSSR count). The lowest BCUT2D eigenvalue weighted by Crippen LogP contribution is -2.55. The van der Waals surface area contributed by atoms with E-state index >= 15 is 0 Å². The Morgan fingerprint density at radius 3 is 2.25 bits per heavy atom. The molecule has 0 bridgehead atoms. The zero-order valence-electron chi connectivity index (χ0n) is 13.1. The summed E-state index contributed by atoms with van der Waals surface area (Å²) in [6.45, 7) is 1.32. The number of aliphatic carboxylic acids is 1. The average Bonchev–Trinajstić information content (AvgIpc) is 2.54. The third kappa shape index (κ3) is 6.09. The number of phenolic OH excluding ortho intramolecular Hbond substituents is 1. The van der Waals surface area contributed by atoms with Crippen LogP contribution in [0.15, 0.2) is 24.3 Å². The molecule has 2 amide bonds. The van der Waals surface area contributed by atoms with Crippen molar-refractivity contribution in [3.63, 3.8) is 0 Å². The zero-order chi connectivity index (χ0) is 18.3. The number of aromatic hydroxyl groups is 1. The molecule has 0 spiro atoms. The summed E-state index contributed by atoms with van der Waals surface area (Å²) < 4.78 is 0. The summed E-state index contributed by atoms with van der Waals surface area (Å²) in [5.41, 5.74) is 6.26. The van der Waals surface area contributed by atoms with Crippen molar-refractivity contribution in [2.24, 2.45) is 5.73 Å². The second-order valence-corrected chi connectivity index (χ2v) is 5.65. The van der Waals surface area contributed by atoms with Gasteiger partial charge in [-0.1, -0.05) is 12.1 Å². The number of benzene rings is 1. The molecule has 6 N–H and O–H groups in total. The lowest BCUT2D eigenvalue weighted by molar-refractivity contribution is -0.141. The fourth-order valence-electron chi connectivity index (χ4n) is 1.81. The number of hydrogen-bond donors (Lipinski definition) is 6. The van der Waals surface area contributed by atoms with E-state index in [0.29, 0.717) is 5.56 Å². The van der Waals surface area contributed by atoms with Gasteiger partial charge < -0.3 is 26.6 Å². The van der Waals surface area contributed by atoms with E-state index in [1.54, 1.807) is 12.1 Å². The molecule has 0 aliphatic rings. The highest BCUT2D eigenvalue weighted by molar-refractivity contribution is 7.80. The summed E-state index contributed by atoms with van der Waals surface area (Å²) in [6, 6.07) is 3.10. The van der Waals surface area contributed by atoms with Gasteiger partial charge in [-0.25, -0.2) is 0 Å². The maximum absolute atomic E-state index is 12.3.